The normalized spacial score (nSPS) is 15.5. The van der Waals surface area contributed by atoms with Gasteiger partial charge in [0.25, 0.3) is 0 Å². The number of anilines is 2. The van der Waals surface area contributed by atoms with Gasteiger partial charge in [0.1, 0.15) is 0 Å². The van der Waals surface area contributed by atoms with Gasteiger partial charge in [0.2, 0.25) is 5.95 Å². The van der Waals surface area contributed by atoms with E-state index in [1.165, 1.54) is 19.3 Å². The summed E-state index contributed by atoms with van der Waals surface area (Å²) < 4.78 is 2.05. The van der Waals surface area contributed by atoms with E-state index in [0.29, 0.717) is 12.0 Å². The Bertz CT molecular complexity index is 661. The van der Waals surface area contributed by atoms with Crippen LogP contribution in [0.1, 0.15) is 66.3 Å². The summed E-state index contributed by atoms with van der Waals surface area (Å²) in [5.41, 5.74) is 1.64. The highest BCUT2D eigenvalue weighted by molar-refractivity contribution is 5.84. The van der Waals surface area contributed by atoms with Crippen LogP contribution in [0.3, 0.4) is 0 Å². The highest BCUT2D eigenvalue weighted by atomic mass is 16.3. The zero-order valence-corrected chi connectivity index (χ0v) is 16.1. The van der Waals surface area contributed by atoms with Crippen molar-refractivity contribution in [1.29, 1.82) is 0 Å². The van der Waals surface area contributed by atoms with Gasteiger partial charge in [-0.1, -0.05) is 20.8 Å². The lowest BCUT2D eigenvalue weighted by Crippen LogP contribution is -2.28. The Balaban J connectivity index is 0.00000109. The number of aromatic nitrogens is 4. The van der Waals surface area contributed by atoms with E-state index in [1.54, 1.807) is 0 Å². The fourth-order valence-corrected chi connectivity index (χ4v) is 2.66. The minimum absolute atomic E-state index is 0.0422. The van der Waals surface area contributed by atoms with Crippen LogP contribution < -0.4 is 10.6 Å². The van der Waals surface area contributed by atoms with Crippen molar-refractivity contribution in [3.05, 3.63) is 6.33 Å². The van der Waals surface area contributed by atoms with Crippen LogP contribution in [0.2, 0.25) is 0 Å². The molecule has 2 aromatic rings. The van der Waals surface area contributed by atoms with Gasteiger partial charge in [-0.2, -0.15) is 9.97 Å². The maximum atomic E-state index is 9.41. The molecule has 7 heteroatoms. The Labute approximate surface area is 150 Å². The first-order chi connectivity index (χ1) is 12.1. The van der Waals surface area contributed by atoms with Crippen molar-refractivity contribution < 1.29 is 5.11 Å². The summed E-state index contributed by atoms with van der Waals surface area (Å²) in [6.45, 7) is 10.3. The molecule has 0 aliphatic heterocycles. The summed E-state index contributed by atoms with van der Waals surface area (Å²) in [6, 6.07) is 0.712. The SMILES string of the molecule is CC.CC[C@@H](CO)Nc1nc(NC2CCC2)c2ncn(C(C)C)c2n1. The number of aliphatic hydroxyl groups is 1. The third kappa shape index (κ3) is 4.39. The average Bonchev–Trinajstić information content (AvgIpc) is 3.02. The smallest absolute Gasteiger partial charge is 0.227 e. The van der Waals surface area contributed by atoms with E-state index >= 15 is 0 Å². The summed E-state index contributed by atoms with van der Waals surface area (Å²) in [4.78, 5) is 13.8. The van der Waals surface area contributed by atoms with E-state index in [9.17, 15) is 5.11 Å². The van der Waals surface area contributed by atoms with Gasteiger partial charge in [0.05, 0.1) is 19.0 Å². The van der Waals surface area contributed by atoms with Crippen LogP contribution in [0.25, 0.3) is 11.2 Å². The van der Waals surface area contributed by atoms with Gasteiger partial charge >= 0.3 is 0 Å². The first-order valence-corrected chi connectivity index (χ1v) is 9.50. The van der Waals surface area contributed by atoms with Crippen molar-refractivity contribution in [2.24, 2.45) is 0 Å². The number of imidazole rings is 1. The Kier molecular flexibility index (Phi) is 6.99. The predicted octanol–water partition coefficient (Wildman–Crippen LogP) is 3.58. The van der Waals surface area contributed by atoms with Gasteiger partial charge in [-0.05, 0) is 39.5 Å². The zero-order chi connectivity index (χ0) is 18.4. The van der Waals surface area contributed by atoms with Crippen LogP contribution in [-0.4, -0.2) is 43.3 Å². The molecule has 7 nitrogen and oxygen atoms in total. The molecule has 1 fully saturated rings. The van der Waals surface area contributed by atoms with Gasteiger partial charge in [0, 0.05) is 12.1 Å². The number of hydrogen-bond acceptors (Lipinski definition) is 6. The summed E-state index contributed by atoms with van der Waals surface area (Å²) in [6.07, 6.45) is 6.25. The maximum absolute atomic E-state index is 9.41. The first-order valence-electron chi connectivity index (χ1n) is 9.50. The minimum Gasteiger partial charge on any atom is -0.394 e. The molecule has 0 aromatic carbocycles. The van der Waals surface area contributed by atoms with Crippen LogP contribution in [0, 0.1) is 0 Å². The second-order valence-electron chi connectivity index (χ2n) is 6.52. The number of hydrogen-bond donors (Lipinski definition) is 3. The molecule has 1 atom stereocenters. The molecule has 0 saturated heterocycles. The fraction of sp³-hybridized carbons (Fsp3) is 0.722. The molecule has 0 amide bonds. The van der Waals surface area contributed by atoms with E-state index in [-0.39, 0.29) is 18.7 Å². The van der Waals surface area contributed by atoms with Crippen molar-refractivity contribution in [2.45, 2.75) is 78.4 Å². The largest absolute Gasteiger partial charge is 0.394 e. The lowest BCUT2D eigenvalue weighted by atomic mass is 9.93. The van der Waals surface area contributed by atoms with Crippen LogP contribution in [0.4, 0.5) is 11.8 Å². The van der Waals surface area contributed by atoms with Crippen molar-refractivity contribution in [3.8, 4) is 0 Å². The predicted molar refractivity (Wildman–Crippen MR) is 103 cm³/mol. The highest BCUT2D eigenvalue weighted by Crippen LogP contribution is 2.28. The van der Waals surface area contributed by atoms with Gasteiger partial charge < -0.3 is 20.3 Å². The minimum atomic E-state index is -0.0422. The molecule has 1 aliphatic rings. The summed E-state index contributed by atoms with van der Waals surface area (Å²) in [7, 11) is 0. The molecule has 2 aromatic heterocycles. The number of aliphatic hydroxyl groups excluding tert-OH is 1. The third-order valence-electron chi connectivity index (χ3n) is 4.47. The van der Waals surface area contributed by atoms with Crippen molar-refractivity contribution in [1.82, 2.24) is 19.5 Å². The number of rotatable bonds is 7. The van der Waals surface area contributed by atoms with E-state index in [0.717, 1.165) is 23.4 Å². The number of fused-ring (bicyclic) bond motifs is 1. The molecule has 140 valence electrons. The van der Waals surface area contributed by atoms with Gasteiger partial charge in [0.15, 0.2) is 17.0 Å². The Morgan fingerprint density at radius 3 is 2.52 bits per heavy atom. The molecule has 0 bridgehead atoms. The fourth-order valence-electron chi connectivity index (χ4n) is 2.66. The summed E-state index contributed by atoms with van der Waals surface area (Å²) in [5, 5.41) is 16.1. The quantitative estimate of drug-likeness (QED) is 0.709. The van der Waals surface area contributed by atoms with Crippen LogP contribution in [0.15, 0.2) is 6.33 Å². The molecule has 1 aliphatic carbocycles. The highest BCUT2D eigenvalue weighted by Gasteiger charge is 2.22. The number of nitrogens with one attached hydrogen (secondary N) is 2. The van der Waals surface area contributed by atoms with E-state index in [4.69, 9.17) is 0 Å². The second kappa shape index (κ2) is 8.99. The molecule has 0 spiro atoms. The van der Waals surface area contributed by atoms with Gasteiger partial charge in [-0.15, -0.1) is 0 Å². The first kappa shape index (κ1) is 19.4. The van der Waals surface area contributed by atoms with Crippen LogP contribution in [-0.2, 0) is 0 Å². The maximum Gasteiger partial charge on any atom is 0.227 e. The summed E-state index contributed by atoms with van der Waals surface area (Å²) in [5.74, 6) is 1.33. The molecule has 25 heavy (non-hydrogen) atoms. The molecular formula is C18H32N6O. The van der Waals surface area contributed by atoms with Crippen molar-refractivity contribution in [2.75, 3.05) is 17.2 Å². The Morgan fingerprint density at radius 1 is 1.28 bits per heavy atom. The van der Waals surface area contributed by atoms with Crippen LogP contribution in [0.5, 0.6) is 0 Å². The zero-order valence-electron chi connectivity index (χ0n) is 16.1. The molecule has 3 N–H and O–H groups in total. The van der Waals surface area contributed by atoms with E-state index in [2.05, 4.69) is 39.4 Å². The molecule has 1 saturated carbocycles. The van der Waals surface area contributed by atoms with E-state index in [1.807, 2.05) is 31.7 Å². The Hall–Kier alpha value is -1.89. The molecule has 2 heterocycles. The summed E-state index contributed by atoms with van der Waals surface area (Å²) >= 11 is 0. The third-order valence-corrected chi connectivity index (χ3v) is 4.47. The monoisotopic (exact) mass is 348 g/mol. The topological polar surface area (TPSA) is 87.9 Å². The lowest BCUT2D eigenvalue weighted by Gasteiger charge is -2.27. The molecular weight excluding hydrogens is 316 g/mol. The van der Waals surface area contributed by atoms with Crippen LogP contribution >= 0.6 is 0 Å². The second-order valence-corrected chi connectivity index (χ2v) is 6.52. The molecule has 0 unspecified atom stereocenters. The lowest BCUT2D eigenvalue weighted by molar-refractivity contribution is 0.271. The molecule has 0 radical (unpaired) electrons. The van der Waals surface area contributed by atoms with Crippen molar-refractivity contribution in [3.63, 3.8) is 0 Å². The van der Waals surface area contributed by atoms with Crippen molar-refractivity contribution >= 4 is 22.9 Å². The Morgan fingerprint density at radius 2 is 2.00 bits per heavy atom. The number of nitrogens with zero attached hydrogens (tertiary/aromatic N) is 4. The average molecular weight is 348 g/mol. The van der Waals surface area contributed by atoms with Gasteiger partial charge in [-0.25, -0.2) is 4.98 Å². The molecule has 3 rings (SSSR count). The standard InChI is InChI=1S/C16H26N6O.C2H6/c1-4-11(8-23)19-16-20-14(18-12-6-5-7-12)13-15(21-16)22(9-17-13)10(2)3;1-2/h9-12,23H,4-8H2,1-3H3,(H2,18,19,20,21);1-2H3/t11-;/m0./s1. The van der Waals surface area contributed by atoms with Gasteiger partial charge in [-0.3, -0.25) is 0 Å². The van der Waals surface area contributed by atoms with E-state index < -0.39 is 0 Å².